The number of halogens is 1. The van der Waals surface area contributed by atoms with Crippen molar-refractivity contribution in [2.45, 2.75) is 33.6 Å². The highest BCUT2D eigenvalue weighted by atomic mass is 35.5. The van der Waals surface area contributed by atoms with E-state index >= 15 is 0 Å². The van der Waals surface area contributed by atoms with Gasteiger partial charge in [0, 0.05) is 18.7 Å². The van der Waals surface area contributed by atoms with Gasteiger partial charge in [-0.1, -0.05) is 25.4 Å². The molecule has 0 atom stereocenters. The number of amides is 1. The van der Waals surface area contributed by atoms with Gasteiger partial charge in [-0.05, 0) is 19.8 Å². The highest BCUT2D eigenvalue weighted by Gasteiger charge is 2.19. The van der Waals surface area contributed by atoms with E-state index in [0.717, 1.165) is 11.4 Å². The van der Waals surface area contributed by atoms with E-state index in [0.29, 0.717) is 18.2 Å². The van der Waals surface area contributed by atoms with Crippen molar-refractivity contribution in [2.24, 2.45) is 0 Å². The zero-order chi connectivity index (χ0) is 14.4. The van der Waals surface area contributed by atoms with Crippen LogP contribution in [-0.2, 0) is 4.79 Å². The van der Waals surface area contributed by atoms with Gasteiger partial charge in [0.25, 0.3) is 0 Å². The molecule has 0 spiro atoms. The van der Waals surface area contributed by atoms with Crippen molar-refractivity contribution < 1.29 is 4.79 Å². The topological polar surface area (TPSA) is 58.1 Å². The monoisotopic (exact) mass is 284 g/mol. The molecule has 1 amide bonds. The smallest absolute Gasteiger partial charge is 0.239 e. The summed E-state index contributed by atoms with van der Waals surface area (Å²) in [7, 11) is 0. The van der Waals surface area contributed by atoms with Crippen LogP contribution in [0, 0.1) is 0 Å². The number of carbonyl (C=O) groups excluding carboxylic acids is 1. The van der Waals surface area contributed by atoms with Gasteiger partial charge in [0.15, 0.2) is 0 Å². The SMILES string of the molecule is CCNC(=O)CN(CC)c1ncnc(Cl)c1C(C)C. The molecule has 0 fully saturated rings. The van der Waals surface area contributed by atoms with Gasteiger partial charge >= 0.3 is 0 Å². The van der Waals surface area contributed by atoms with Gasteiger partial charge in [-0.2, -0.15) is 0 Å². The maximum Gasteiger partial charge on any atom is 0.239 e. The maximum atomic E-state index is 11.7. The zero-order valence-corrected chi connectivity index (χ0v) is 12.7. The molecular weight excluding hydrogens is 264 g/mol. The minimum atomic E-state index is -0.0196. The molecule has 0 unspecified atom stereocenters. The van der Waals surface area contributed by atoms with Crippen LogP contribution in [0.15, 0.2) is 6.33 Å². The average molecular weight is 285 g/mol. The van der Waals surface area contributed by atoms with Crippen LogP contribution in [0.25, 0.3) is 0 Å². The van der Waals surface area contributed by atoms with E-state index in [1.807, 2.05) is 32.6 Å². The fraction of sp³-hybridized carbons (Fsp3) is 0.615. The summed E-state index contributed by atoms with van der Waals surface area (Å²) in [6, 6.07) is 0. The molecule has 19 heavy (non-hydrogen) atoms. The molecule has 0 aliphatic carbocycles. The first-order valence-electron chi connectivity index (χ1n) is 6.53. The number of likely N-dealkylation sites (N-methyl/N-ethyl adjacent to an activating group) is 2. The molecule has 106 valence electrons. The number of anilines is 1. The molecule has 1 heterocycles. The summed E-state index contributed by atoms with van der Waals surface area (Å²) in [5.74, 6) is 0.921. The number of hydrogen-bond acceptors (Lipinski definition) is 4. The summed E-state index contributed by atoms with van der Waals surface area (Å²) in [6.45, 7) is 9.54. The number of nitrogens with zero attached hydrogens (tertiary/aromatic N) is 3. The van der Waals surface area contributed by atoms with E-state index in [2.05, 4.69) is 15.3 Å². The third-order valence-electron chi connectivity index (χ3n) is 2.78. The molecule has 0 aromatic carbocycles. The second-order valence-corrected chi connectivity index (χ2v) is 4.88. The normalized spacial score (nSPS) is 10.6. The number of rotatable bonds is 6. The van der Waals surface area contributed by atoms with Gasteiger partial charge in [-0.3, -0.25) is 4.79 Å². The zero-order valence-electron chi connectivity index (χ0n) is 11.9. The summed E-state index contributed by atoms with van der Waals surface area (Å²) in [5, 5.41) is 3.24. The Balaban J connectivity index is 3.04. The molecule has 0 saturated heterocycles. The van der Waals surface area contributed by atoms with E-state index in [1.165, 1.54) is 6.33 Å². The summed E-state index contributed by atoms with van der Waals surface area (Å²) < 4.78 is 0. The molecule has 1 aromatic rings. The van der Waals surface area contributed by atoms with Crippen molar-refractivity contribution >= 4 is 23.3 Å². The molecule has 6 heteroatoms. The standard InChI is InChI=1S/C13H21ClN4O/c1-5-15-10(19)7-18(6-2)13-11(9(3)4)12(14)16-8-17-13/h8-9H,5-7H2,1-4H3,(H,15,19). The first-order chi connectivity index (χ1) is 9.01. The van der Waals surface area contributed by atoms with Gasteiger partial charge in [-0.15, -0.1) is 0 Å². The Morgan fingerprint density at radius 1 is 1.42 bits per heavy atom. The first-order valence-corrected chi connectivity index (χ1v) is 6.91. The minimum Gasteiger partial charge on any atom is -0.355 e. The Morgan fingerprint density at radius 3 is 2.63 bits per heavy atom. The largest absolute Gasteiger partial charge is 0.355 e. The van der Waals surface area contributed by atoms with Crippen LogP contribution in [0.1, 0.15) is 39.2 Å². The van der Waals surface area contributed by atoms with E-state index in [4.69, 9.17) is 11.6 Å². The molecule has 5 nitrogen and oxygen atoms in total. The molecule has 0 aliphatic heterocycles. The van der Waals surface area contributed by atoms with Gasteiger partial charge in [0.05, 0.1) is 6.54 Å². The summed E-state index contributed by atoms with van der Waals surface area (Å²) >= 11 is 6.14. The van der Waals surface area contributed by atoms with Crippen molar-refractivity contribution in [2.75, 3.05) is 24.5 Å². The molecule has 0 radical (unpaired) electrons. The highest BCUT2D eigenvalue weighted by Crippen LogP contribution is 2.30. The van der Waals surface area contributed by atoms with E-state index < -0.39 is 0 Å². The second-order valence-electron chi connectivity index (χ2n) is 4.52. The number of aromatic nitrogens is 2. The second kappa shape index (κ2) is 7.28. The molecule has 1 aromatic heterocycles. The lowest BCUT2D eigenvalue weighted by Crippen LogP contribution is -2.38. The molecule has 1 N–H and O–H groups in total. The van der Waals surface area contributed by atoms with Gasteiger partial charge < -0.3 is 10.2 Å². The predicted octanol–water partition coefficient (Wildman–Crippen LogP) is 2.22. The lowest BCUT2D eigenvalue weighted by Gasteiger charge is -2.25. The van der Waals surface area contributed by atoms with E-state index in [-0.39, 0.29) is 18.4 Å². The van der Waals surface area contributed by atoms with Crippen LogP contribution < -0.4 is 10.2 Å². The van der Waals surface area contributed by atoms with Crippen LogP contribution >= 0.6 is 11.6 Å². The van der Waals surface area contributed by atoms with Crippen LogP contribution in [0.2, 0.25) is 5.15 Å². The van der Waals surface area contributed by atoms with Crippen LogP contribution in [0.3, 0.4) is 0 Å². The minimum absolute atomic E-state index is 0.0196. The lowest BCUT2D eigenvalue weighted by molar-refractivity contribution is -0.119. The van der Waals surface area contributed by atoms with Gasteiger partial charge in [0.2, 0.25) is 5.91 Å². The third kappa shape index (κ3) is 4.06. The maximum absolute atomic E-state index is 11.7. The van der Waals surface area contributed by atoms with E-state index in [1.54, 1.807) is 0 Å². The quantitative estimate of drug-likeness (QED) is 0.814. The highest BCUT2D eigenvalue weighted by molar-refractivity contribution is 6.30. The number of nitrogens with one attached hydrogen (secondary N) is 1. The fourth-order valence-corrected chi connectivity index (χ4v) is 2.22. The number of hydrogen-bond donors (Lipinski definition) is 1. The van der Waals surface area contributed by atoms with Crippen molar-refractivity contribution in [3.63, 3.8) is 0 Å². The molecule has 0 bridgehead atoms. The Hall–Kier alpha value is -1.36. The first kappa shape index (κ1) is 15.7. The van der Waals surface area contributed by atoms with Crippen LogP contribution in [0.4, 0.5) is 5.82 Å². The fourth-order valence-electron chi connectivity index (χ4n) is 1.88. The van der Waals surface area contributed by atoms with Gasteiger partial charge in [0.1, 0.15) is 17.3 Å². The van der Waals surface area contributed by atoms with Crippen LogP contribution in [0.5, 0.6) is 0 Å². The van der Waals surface area contributed by atoms with Crippen LogP contribution in [-0.4, -0.2) is 35.5 Å². The summed E-state index contributed by atoms with van der Waals surface area (Å²) in [5.41, 5.74) is 0.885. The van der Waals surface area contributed by atoms with Crippen molar-refractivity contribution in [3.8, 4) is 0 Å². The van der Waals surface area contributed by atoms with Crippen molar-refractivity contribution in [1.29, 1.82) is 0 Å². The summed E-state index contributed by atoms with van der Waals surface area (Å²) in [6.07, 6.45) is 1.43. The molecular formula is C13H21ClN4O. The lowest BCUT2D eigenvalue weighted by atomic mass is 10.1. The Morgan fingerprint density at radius 2 is 2.11 bits per heavy atom. The molecule has 1 rings (SSSR count). The molecule has 0 saturated carbocycles. The molecule has 0 aliphatic rings. The Kier molecular flexibility index (Phi) is 6.02. The average Bonchev–Trinajstić information content (AvgIpc) is 2.35. The van der Waals surface area contributed by atoms with E-state index in [9.17, 15) is 4.79 Å². The predicted molar refractivity (Wildman–Crippen MR) is 77.7 cm³/mol. The van der Waals surface area contributed by atoms with Gasteiger partial charge in [-0.25, -0.2) is 9.97 Å². The third-order valence-corrected chi connectivity index (χ3v) is 3.08. The van der Waals surface area contributed by atoms with Crippen molar-refractivity contribution in [3.05, 3.63) is 17.0 Å². The Labute approximate surface area is 119 Å². The number of carbonyl (C=O) groups is 1. The Bertz CT molecular complexity index is 437. The van der Waals surface area contributed by atoms with Crippen molar-refractivity contribution in [1.82, 2.24) is 15.3 Å². The summed E-state index contributed by atoms with van der Waals surface area (Å²) in [4.78, 5) is 21.9.